The van der Waals surface area contributed by atoms with E-state index < -0.39 is 0 Å². The van der Waals surface area contributed by atoms with Crippen LogP contribution in [0.25, 0.3) is 11.0 Å². The van der Waals surface area contributed by atoms with Gasteiger partial charge in [-0.05, 0) is 55.2 Å². The Kier molecular flexibility index (Phi) is 7.05. The number of anilines is 1. The molecule has 1 N–H and O–H groups in total. The second-order valence-corrected chi connectivity index (χ2v) is 7.31. The van der Waals surface area contributed by atoms with Gasteiger partial charge < -0.3 is 19.4 Å². The van der Waals surface area contributed by atoms with Crippen molar-refractivity contribution in [3.8, 4) is 5.75 Å². The highest BCUT2D eigenvalue weighted by Crippen LogP contribution is 2.29. The Bertz CT molecular complexity index is 916. The molecule has 3 aromatic rings. The summed E-state index contributed by atoms with van der Waals surface area (Å²) >= 11 is 6.14. The fourth-order valence-electron chi connectivity index (χ4n) is 3.83. The van der Waals surface area contributed by atoms with Crippen LogP contribution in [0.3, 0.4) is 0 Å². The van der Waals surface area contributed by atoms with Crippen LogP contribution in [0.4, 0.5) is 5.82 Å². The van der Waals surface area contributed by atoms with Crippen molar-refractivity contribution in [3.63, 3.8) is 0 Å². The molecule has 0 amide bonds. The van der Waals surface area contributed by atoms with E-state index in [0.717, 1.165) is 66.5 Å². The predicted octanol–water partition coefficient (Wildman–Crippen LogP) is 4.71. The van der Waals surface area contributed by atoms with Crippen LogP contribution < -0.4 is 15.0 Å². The molecule has 1 fully saturated rings. The monoisotopic (exact) mass is 421 g/mol. The smallest absolute Gasteiger partial charge is 0.171 e. The zero-order valence-corrected chi connectivity index (χ0v) is 17.4. The number of nitrogens with one attached hydrogen (secondary N) is 1. The first kappa shape index (κ1) is 20.8. The van der Waals surface area contributed by atoms with Crippen LogP contribution in [-0.2, 0) is 6.42 Å². The molecular weight excluding hydrogens is 397 g/mol. The molecular formula is C21H25Cl2N3O2. The molecule has 150 valence electrons. The van der Waals surface area contributed by atoms with Gasteiger partial charge in [-0.1, -0.05) is 11.6 Å². The maximum atomic E-state index is 6.14. The molecule has 1 aromatic carbocycles. The van der Waals surface area contributed by atoms with Crippen molar-refractivity contribution in [3.05, 3.63) is 53.4 Å². The van der Waals surface area contributed by atoms with Crippen LogP contribution in [0, 0.1) is 0 Å². The van der Waals surface area contributed by atoms with Gasteiger partial charge in [0.15, 0.2) is 11.6 Å². The van der Waals surface area contributed by atoms with Gasteiger partial charge in [0.25, 0.3) is 0 Å². The zero-order chi connectivity index (χ0) is 18.6. The average Bonchev–Trinajstić information content (AvgIpc) is 3.10. The Hall–Kier alpha value is -1.95. The molecule has 1 atom stereocenters. The van der Waals surface area contributed by atoms with Gasteiger partial charge in [-0.3, -0.25) is 0 Å². The maximum absolute atomic E-state index is 6.14. The third-order valence-electron chi connectivity index (χ3n) is 5.19. The highest BCUT2D eigenvalue weighted by atomic mass is 35.5. The molecule has 1 saturated heterocycles. The largest absolute Gasteiger partial charge is 0.493 e. The first-order valence-electron chi connectivity index (χ1n) is 9.38. The predicted molar refractivity (Wildman–Crippen MR) is 116 cm³/mol. The summed E-state index contributed by atoms with van der Waals surface area (Å²) in [5, 5.41) is 5.37. The maximum Gasteiger partial charge on any atom is 0.171 e. The molecule has 3 heterocycles. The number of aromatic nitrogens is 1. The van der Waals surface area contributed by atoms with Crippen molar-refractivity contribution in [1.29, 1.82) is 0 Å². The van der Waals surface area contributed by atoms with Crippen molar-refractivity contribution in [2.75, 3.05) is 31.6 Å². The molecule has 0 spiro atoms. The number of rotatable bonds is 6. The quantitative estimate of drug-likeness (QED) is 0.624. The second-order valence-electron chi connectivity index (χ2n) is 6.87. The van der Waals surface area contributed by atoms with E-state index >= 15 is 0 Å². The van der Waals surface area contributed by atoms with Crippen molar-refractivity contribution in [2.45, 2.75) is 25.3 Å². The molecule has 0 radical (unpaired) electrons. The summed E-state index contributed by atoms with van der Waals surface area (Å²) in [7, 11) is 1.70. The third kappa shape index (κ3) is 4.37. The minimum atomic E-state index is 0. The van der Waals surface area contributed by atoms with E-state index in [-0.39, 0.29) is 12.4 Å². The van der Waals surface area contributed by atoms with Gasteiger partial charge >= 0.3 is 0 Å². The van der Waals surface area contributed by atoms with Crippen molar-refractivity contribution in [2.24, 2.45) is 0 Å². The summed E-state index contributed by atoms with van der Waals surface area (Å²) in [6.07, 6.45) is 6.80. The number of ether oxygens (including phenoxy) is 1. The van der Waals surface area contributed by atoms with Gasteiger partial charge in [-0.15, -0.1) is 12.4 Å². The molecule has 5 nitrogen and oxygen atoms in total. The Morgan fingerprint density at radius 1 is 1.36 bits per heavy atom. The lowest BCUT2D eigenvalue weighted by Crippen LogP contribution is -2.51. The highest BCUT2D eigenvalue weighted by Gasteiger charge is 2.25. The number of benzene rings is 1. The molecule has 0 aliphatic carbocycles. The van der Waals surface area contributed by atoms with E-state index in [2.05, 4.69) is 15.2 Å². The summed E-state index contributed by atoms with van der Waals surface area (Å²) in [5.74, 6) is 1.77. The molecule has 1 unspecified atom stereocenters. The number of halogens is 2. The van der Waals surface area contributed by atoms with E-state index in [9.17, 15) is 0 Å². The molecule has 0 saturated carbocycles. The normalized spacial score (nSPS) is 16.8. The van der Waals surface area contributed by atoms with Gasteiger partial charge in [-0.25, -0.2) is 4.98 Å². The average molecular weight is 422 g/mol. The van der Waals surface area contributed by atoms with Gasteiger partial charge in [0.05, 0.1) is 13.4 Å². The lowest BCUT2D eigenvalue weighted by Gasteiger charge is -2.37. The van der Waals surface area contributed by atoms with Gasteiger partial charge in [-0.2, -0.15) is 0 Å². The van der Waals surface area contributed by atoms with Gasteiger partial charge in [0.2, 0.25) is 0 Å². The molecule has 1 aliphatic rings. The molecule has 28 heavy (non-hydrogen) atoms. The standard InChI is InChI=1S/C21H24ClN3O2.ClH/c1-26-20-6-3-9-24-21(20)25-11-10-23-13-17(25)5-2-4-15-14-27-19-8-7-16(22)12-18(15)19;/h3,6-9,12,14,17,23H,2,4-5,10-11,13H2,1H3;1H. The first-order valence-corrected chi connectivity index (χ1v) is 9.76. The van der Waals surface area contributed by atoms with Crippen molar-refractivity contribution in [1.82, 2.24) is 10.3 Å². The summed E-state index contributed by atoms with van der Waals surface area (Å²) in [6, 6.07) is 10.1. The number of hydrogen-bond donors (Lipinski definition) is 1. The van der Waals surface area contributed by atoms with E-state index in [4.69, 9.17) is 20.8 Å². The minimum Gasteiger partial charge on any atom is -0.493 e. The van der Waals surface area contributed by atoms with Crippen LogP contribution in [-0.4, -0.2) is 37.8 Å². The molecule has 7 heteroatoms. The number of furan rings is 1. The van der Waals surface area contributed by atoms with Gasteiger partial charge in [0, 0.05) is 42.3 Å². The van der Waals surface area contributed by atoms with Crippen LogP contribution in [0.5, 0.6) is 5.75 Å². The number of fused-ring (bicyclic) bond motifs is 1. The first-order chi connectivity index (χ1) is 13.3. The van der Waals surface area contributed by atoms with Crippen LogP contribution in [0.2, 0.25) is 5.02 Å². The Morgan fingerprint density at radius 3 is 3.11 bits per heavy atom. The van der Waals surface area contributed by atoms with Crippen molar-refractivity contribution < 1.29 is 9.15 Å². The third-order valence-corrected chi connectivity index (χ3v) is 5.43. The summed E-state index contributed by atoms with van der Waals surface area (Å²) < 4.78 is 11.2. The topological polar surface area (TPSA) is 50.5 Å². The Morgan fingerprint density at radius 2 is 2.25 bits per heavy atom. The fraction of sp³-hybridized carbons (Fsp3) is 0.381. The minimum absolute atomic E-state index is 0. The number of pyridine rings is 1. The Labute approximate surface area is 176 Å². The Balaban J connectivity index is 0.00000225. The number of hydrogen-bond acceptors (Lipinski definition) is 5. The molecule has 4 rings (SSSR count). The van der Waals surface area contributed by atoms with Crippen LogP contribution in [0.1, 0.15) is 18.4 Å². The van der Waals surface area contributed by atoms with Gasteiger partial charge in [0.1, 0.15) is 5.58 Å². The van der Waals surface area contributed by atoms with Crippen LogP contribution in [0.15, 0.2) is 47.2 Å². The van der Waals surface area contributed by atoms with Crippen LogP contribution >= 0.6 is 24.0 Å². The lowest BCUT2D eigenvalue weighted by molar-refractivity contribution is 0.398. The molecule has 1 aliphatic heterocycles. The van der Waals surface area contributed by atoms with E-state index in [0.29, 0.717) is 6.04 Å². The number of methoxy groups -OCH3 is 1. The summed E-state index contributed by atoms with van der Waals surface area (Å²) in [6.45, 7) is 2.85. The highest BCUT2D eigenvalue weighted by molar-refractivity contribution is 6.31. The number of piperazine rings is 1. The second kappa shape index (κ2) is 9.50. The molecule has 2 aromatic heterocycles. The number of nitrogens with zero attached hydrogens (tertiary/aromatic N) is 2. The van der Waals surface area contributed by atoms with E-state index in [1.807, 2.05) is 42.8 Å². The van der Waals surface area contributed by atoms with Crippen molar-refractivity contribution >= 4 is 40.8 Å². The van der Waals surface area contributed by atoms with E-state index in [1.165, 1.54) is 5.56 Å². The summed E-state index contributed by atoms with van der Waals surface area (Å²) in [4.78, 5) is 6.95. The lowest BCUT2D eigenvalue weighted by atomic mass is 10.0. The molecule has 0 bridgehead atoms. The SMILES string of the molecule is COc1cccnc1N1CCNCC1CCCc1coc2ccc(Cl)cc12.Cl. The fourth-order valence-corrected chi connectivity index (χ4v) is 4.00. The number of aryl methyl sites for hydroxylation is 1. The zero-order valence-electron chi connectivity index (χ0n) is 15.9. The van der Waals surface area contributed by atoms with E-state index in [1.54, 1.807) is 7.11 Å². The summed E-state index contributed by atoms with van der Waals surface area (Å²) in [5.41, 5.74) is 2.12.